The zero-order valence-electron chi connectivity index (χ0n) is 8.11. The Labute approximate surface area is 82.0 Å². The first-order valence-corrected chi connectivity index (χ1v) is 4.85. The standard InChI is InChI=1S/C8H15N3OS/c1-8(2,5-12)11(3)7-10-4-6(9)13-7/h4,12H,5,9H2,1-3H3. The highest BCUT2D eigenvalue weighted by molar-refractivity contribution is 7.19. The highest BCUT2D eigenvalue weighted by atomic mass is 32.1. The van der Waals surface area contributed by atoms with Crippen LogP contribution in [0.15, 0.2) is 6.20 Å². The van der Waals surface area contributed by atoms with Gasteiger partial charge in [0.25, 0.3) is 0 Å². The lowest BCUT2D eigenvalue weighted by atomic mass is 10.1. The number of aromatic nitrogens is 1. The van der Waals surface area contributed by atoms with Gasteiger partial charge in [0.15, 0.2) is 5.13 Å². The highest BCUT2D eigenvalue weighted by Gasteiger charge is 2.24. The molecule has 0 radical (unpaired) electrons. The molecule has 0 fully saturated rings. The van der Waals surface area contributed by atoms with Crippen molar-refractivity contribution >= 4 is 21.5 Å². The first kappa shape index (κ1) is 10.3. The minimum Gasteiger partial charge on any atom is -0.394 e. The van der Waals surface area contributed by atoms with E-state index >= 15 is 0 Å². The largest absolute Gasteiger partial charge is 0.394 e. The number of aliphatic hydroxyl groups is 1. The molecule has 1 aromatic rings. The van der Waals surface area contributed by atoms with Crippen LogP contribution in [0.1, 0.15) is 13.8 Å². The zero-order valence-corrected chi connectivity index (χ0v) is 8.93. The number of nitrogen functional groups attached to an aromatic ring is 1. The highest BCUT2D eigenvalue weighted by Crippen LogP contribution is 2.27. The number of rotatable bonds is 3. The van der Waals surface area contributed by atoms with E-state index in [1.807, 2.05) is 25.8 Å². The van der Waals surface area contributed by atoms with Gasteiger partial charge in [-0.1, -0.05) is 11.3 Å². The van der Waals surface area contributed by atoms with Crippen molar-refractivity contribution in [3.8, 4) is 0 Å². The number of hydrogen-bond acceptors (Lipinski definition) is 5. The van der Waals surface area contributed by atoms with Gasteiger partial charge in [0.1, 0.15) is 5.00 Å². The number of hydrogen-bond donors (Lipinski definition) is 2. The van der Waals surface area contributed by atoms with Crippen molar-refractivity contribution in [3.05, 3.63) is 6.20 Å². The summed E-state index contributed by atoms with van der Waals surface area (Å²) >= 11 is 1.42. The fraction of sp³-hybridized carbons (Fsp3) is 0.625. The van der Waals surface area contributed by atoms with Crippen molar-refractivity contribution in [2.75, 3.05) is 24.3 Å². The van der Waals surface area contributed by atoms with Crippen molar-refractivity contribution in [3.63, 3.8) is 0 Å². The topological polar surface area (TPSA) is 62.4 Å². The van der Waals surface area contributed by atoms with Crippen LogP contribution in [0.25, 0.3) is 0 Å². The minimum atomic E-state index is -0.301. The first-order chi connectivity index (χ1) is 5.97. The third-order valence-electron chi connectivity index (χ3n) is 2.09. The summed E-state index contributed by atoms with van der Waals surface area (Å²) in [4.78, 5) is 6.06. The summed E-state index contributed by atoms with van der Waals surface area (Å²) < 4.78 is 0. The molecule has 5 heteroatoms. The molecule has 0 aliphatic rings. The molecule has 0 amide bonds. The maximum absolute atomic E-state index is 9.14. The number of thiazole rings is 1. The Kier molecular flexibility index (Phi) is 2.77. The normalized spacial score (nSPS) is 11.7. The van der Waals surface area contributed by atoms with Crippen molar-refractivity contribution < 1.29 is 5.11 Å². The molecule has 0 aromatic carbocycles. The van der Waals surface area contributed by atoms with Crippen LogP contribution in [0.5, 0.6) is 0 Å². The van der Waals surface area contributed by atoms with Gasteiger partial charge in [0.2, 0.25) is 0 Å². The molecule has 74 valence electrons. The predicted molar refractivity (Wildman–Crippen MR) is 56.1 cm³/mol. The van der Waals surface area contributed by atoms with Crippen LogP contribution in [0.3, 0.4) is 0 Å². The first-order valence-electron chi connectivity index (χ1n) is 4.03. The molecule has 0 saturated carbocycles. The number of nitrogens with two attached hydrogens (primary N) is 1. The van der Waals surface area contributed by atoms with Crippen molar-refractivity contribution in [1.82, 2.24) is 4.98 Å². The van der Waals surface area contributed by atoms with Crippen molar-refractivity contribution in [2.24, 2.45) is 0 Å². The van der Waals surface area contributed by atoms with Crippen LogP contribution in [-0.4, -0.2) is 29.3 Å². The minimum absolute atomic E-state index is 0.0863. The van der Waals surface area contributed by atoms with E-state index in [2.05, 4.69) is 4.98 Å². The van der Waals surface area contributed by atoms with Gasteiger partial charge in [-0.25, -0.2) is 4.98 Å². The Balaban J connectivity index is 2.84. The molecule has 0 bridgehead atoms. The van der Waals surface area contributed by atoms with Crippen molar-refractivity contribution in [2.45, 2.75) is 19.4 Å². The fourth-order valence-corrected chi connectivity index (χ4v) is 1.60. The van der Waals surface area contributed by atoms with E-state index in [0.717, 1.165) is 5.13 Å². The molecule has 3 N–H and O–H groups in total. The summed E-state index contributed by atoms with van der Waals surface area (Å²) in [6.07, 6.45) is 1.63. The molecule has 0 atom stereocenters. The monoisotopic (exact) mass is 201 g/mol. The van der Waals surface area contributed by atoms with E-state index in [4.69, 9.17) is 10.8 Å². The van der Waals surface area contributed by atoms with Gasteiger partial charge >= 0.3 is 0 Å². The van der Waals surface area contributed by atoms with Crippen LogP contribution in [-0.2, 0) is 0 Å². The lowest BCUT2D eigenvalue weighted by Gasteiger charge is -2.33. The quantitative estimate of drug-likeness (QED) is 0.763. The number of anilines is 2. The zero-order chi connectivity index (χ0) is 10.1. The summed E-state index contributed by atoms with van der Waals surface area (Å²) in [6.45, 7) is 3.98. The Morgan fingerprint density at radius 3 is 2.69 bits per heavy atom. The van der Waals surface area contributed by atoms with E-state index in [0.29, 0.717) is 5.00 Å². The summed E-state index contributed by atoms with van der Waals surface area (Å²) in [7, 11) is 1.90. The summed E-state index contributed by atoms with van der Waals surface area (Å²) in [5.41, 5.74) is 5.27. The van der Waals surface area contributed by atoms with Gasteiger partial charge in [0, 0.05) is 7.05 Å². The average molecular weight is 201 g/mol. The van der Waals surface area contributed by atoms with Gasteiger partial charge in [-0.2, -0.15) is 0 Å². The second kappa shape index (κ2) is 3.51. The van der Waals surface area contributed by atoms with Crippen LogP contribution < -0.4 is 10.6 Å². The Morgan fingerprint density at radius 1 is 1.69 bits per heavy atom. The lowest BCUT2D eigenvalue weighted by molar-refractivity contribution is 0.216. The molecule has 13 heavy (non-hydrogen) atoms. The smallest absolute Gasteiger partial charge is 0.187 e. The molecule has 0 aliphatic carbocycles. The van der Waals surface area contributed by atoms with E-state index < -0.39 is 0 Å². The Bertz CT molecular complexity index is 285. The van der Waals surface area contributed by atoms with Gasteiger partial charge in [-0.15, -0.1) is 0 Å². The summed E-state index contributed by atoms with van der Waals surface area (Å²) in [6, 6.07) is 0. The average Bonchev–Trinajstić information content (AvgIpc) is 2.50. The van der Waals surface area contributed by atoms with E-state index in [1.54, 1.807) is 6.20 Å². The third-order valence-corrected chi connectivity index (χ3v) is 3.00. The molecular weight excluding hydrogens is 186 g/mol. The Morgan fingerprint density at radius 2 is 2.31 bits per heavy atom. The molecule has 1 rings (SSSR count). The molecular formula is C8H15N3OS. The van der Waals surface area contributed by atoms with Crippen LogP contribution >= 0.6 is 11.3 Å². The molecule has 4 nitrogen and oxygen atoms in total. The maximum Gasteiger partial charge on any atom is 0.187 e. The van der Waals surface area contributed by atoms with E-state index in [9.17, 15) is 0 Å². The van der Waals surface area contributed by atoms with Crippen LogP contribution in [0, 0.1) is 0 Å². The SMILES string of the molecule is CN(c1ncc(N)s1)C(C)(C)CO. The summed E-state index contributed by atoms with van der Waals surface area (Å²) in [5, 5.41) is 10.7. The maximum atomic E-state index is 9.14. The molecule has 1 heterocycles. The van der Waals surface area contributed by atoms with Crippen molar-refractivity contribution in [1.29, 1.82) is 0 Å². The van der Waals surface area contributed by atoms with Gasteiger partial charge in [0.05, 0.1) is 18.3 Å². The molecule has 0 aliphatic heterocycles. The fourth-order valence-electron chi connectivity index (χ4n) is 0.797. The van der Waals surface area contributed by atoms with Gasteiger partial charge in [-0.05, 0) is 13.8 Å². The van der Waals surface area contributed by atoms with Gasteiger partial charge < -0.3 is 15.7 Å². The number of aliphatic hydroxyl groups excluding tert-OH is 1. The molecule has 0 unspecified atom stereocenters. The van der Waals surface area contributed by atoms with Crippen LogP contribution in [0.4, 0.5) is 10.1 Å². The van der Waals surface area contributed by atoms with Gasteiger partial charge in [-0.3, -0.25) is 0 Å². The third kappa shape index (κ3) is 2.10. The van der Waals surface area contributed by atoms with E-state index in [1.165, 1.54) is 11.3 Å². The number of nitrogens with zero attached hydrogens (tertiary/aromatic N) is 2. The number of likely N-dealkylation sites (N-methyl/N-ethyl adjacent to an activating group) is 1. The Hall–Kier alpha value is -0.810. The second-order valence-electron chi connectivity index (χ2n) is 3.57. The second-order valence-corrected chi connectivity index (χ2v) is 4.62. The molecule has 1 aromatic heterocycles. The molecule has 0 spiro atoms. The summed E-state index contributed by atoms with van der Waals surface area (Å²) in [5.74, 6) is 0. The van der Waals surface area contributed by atoms with E-state index in [-0.39, 0.29) is 12.1 Å². The van der Waals surface area contributed by atoms with Crippen LogP contribution in [0.2, 0.25) is 0 Å². The molecule has 0 saturated heterocycles. The predicted octanol–water partition coefficient (Wildman–Crippen LogP) is 0.932. The lowest BCUT2D eigenvalue weighted by Crippen LogP contribution is -2.44.